The summed E-state index contributed by atoms with van der Waals surface area (Å²) in [5, 5.41) is 0. The van der Waals surface area contributed by atoms with Crippen molar-refractivity contribution in [3.63, 3.8) is 0 Å². The van der Waals surface area contributed by atoms with Crippen molar-refractivity contribution in [3.05, 3.63) is 12.7 Å². The fourth-order valence-corrected chi connectivity index (χ4v) is 1.97. The lowest BCUT2D eigenvalue weighted by molar-refractivity contribution is 0.336. The van der Waals surface area contributed by atoms with E-state index in [4.69, 9.17) is 0 Å². The highest BCUT2D eigenvalue weighted by molar-refractivity contribution is 4.83. The smallest absolute Gasteiger partial charge is 0.0208 e. The lowest BCUT2D eigenvalue weighted by Crippen LogP contribution is -2.11. The average Bonchev–Trinajstić information content (AvgIpc) is 2.11. The van der Waals surface area contributed by atoms with E-state index in [0.29, 0.717) is 0 Å². The van der Waals surface area contributed by atoms with Crippen molar-refractivity contribution in [1.82, 2.24) is 0 Å². The molecule has 72 valence electrons. The molecule has 0 amide bonds. The number of allylic oxidation sites excluding steroid dienone is 1. The topological polar surface area (TPSA) is 0 Å². The number of hydrogen-bond acceptors (Lipinski definition) is 0. The molecule has 0 nitrogen and oxygen atoms in total. The summed E-state index contributed by atoms with van der Waals surface area (Å²) >= 11 is 0. The van der Waals surface area contributed by atoms with Crippen molar-refractivity contribution in [1.29, 1.82) is 0 Å². The van der Waals surface area contributed by atoms with Gasteiger partial charge in [-0.05, 0) is 18.3 Å². The van der Waals surface area contributed by atoms with E-state index in [-0.39, 0.29) is 0 Å². The van der Waals surface area contributed by atoms with Crippen LogP contribution in [-0.2, 0) is 0 Å². The van der Waals surface area contributed by atoms with Crippen LogP contribution < -0.4 is 0 Å². The quantitative estimate of drug-likeness (QED) is 0.494. The van der Waals surface area contributed by atoms with Gasteiger partial charge < -0.3 is 0 Å². The van der Waals surface area contributed by atoms with Gasteiger partial charge in [-0.2, -0.15) is 0 Å². The Morgan fingerprint density at radius 1 is 1.08 bits per heavy atom. The van der Waals surface area contributed by atoms with Crippen LogP contribution >= 0.6 is 0 Å². The van der Waals surface area contributed by atoms with Crippen LogP contribution in [0.2, 0.25) is 0 Å². The zero-order valence-electron chi connectivity index (χ0n) is 8.97. The summed E-state index contributed by atoms with van der Waals surface area (Å²) in [7, 11) is 0. The van der Waals surface area contributed by atoms with Gasteiger partial charge in [-0.1, -0.05) is 52.5 Å². The van der Waals surface area contributed by atoms with Gasteiger partial charge in [0.05, 0.1) is 0 Å². The first kappa shape index (κ1) is 11.7. The third-order valence-corrected chi connectivity index (χ3v) is 2.71. The number of hydrogen-bond donors (Lipinski definition) is 0. The molecule has 2 unspecified atom stereocenters. The molecule has 0 N–H and O–H groups in total. The first-order chi connectivity index (χ1) is 5.79. The van der Waals surface area contributed by atoms with E-state index in [1.54, 1.807) is 0 Å². The molecule has 0 aromatic carbocycles. The molecule has 0 bridgehead atoms. The molecule has 0 saturated heterocycles. The molecule has 0 fully saturated rings. The van der Waals surface area contributed by atoms with E-state index >= 15 is 0 Å². The minimum Gasteiger partial charge on any atom is -0.103 e. The third-order valence-electron chi connectivity index (χ3n) is 2.71. The van der Waals surface area contributed by atoms with E-state index in [9.17, 15) is 0 Å². The van der Waals surface area contributed by atoms with Crippen LogP contribution in [-0.4, -0.2) is 0 Å². The van der Waals surface area contributed by atoms with Crippen LogP contribution in [0.25, 0.3) is 0 Å². The SMILES string of the molecule is C=CC(CCC)C(CC)CCC. The summed E-state index contributed by atoms with van der Waals surface area (Å²) < 4.78 is 0. The fourth-order valence-electron chi connectivity index (χ4n) is 1.97. The Balaban J connectivity index is 3.92. The Bertz CT molecular complexity index is 105. The van der Waals surface area contributed by atoms with Gasteiger partial charge in [0.15, 0.2) is 0 Å². The third kappa shape index (κ3) is 3.94. The Morgan fingerprint density at radius 3 is 2.00 bits per heavy atom. The molecular weight excluding hydrogens is 144 g/mol. The van der Waals surface area contributed by atoms with E-state index < -0.39 is 0 Å². The second-order valence-electron chi connectivity index (χ2n) is 3.65. The summed E-state index contributed by atoms with van der Waals surface area (Å²) in [4.78, 5) is 0. The fraction of sp³-hybridized carbons (Fsp3) is 0.833. The maximum absolute atomic E-state index is 3.93. The van der Waals surface area contributed by atoms with Gasteiger partial charge in [0, 0.05) is 0 Å². The van der Waals surface area contributed by atoms with Gasteiger partial charge in [-0.3, -0.25) is 0 Å². The van der Waals surface area contributed by atoms with Gasteiger partial charge in [-0.15, -0.1) is 6.58 Å². The van der Waals surface area contributed by atoms with Crippen molar-refractivity contribution in [2.75, 3.05) is 0 Å². The highest BCUT2D eigenvalue weighted by atomic mass is 14.2. The molecule has 0 heteroatoms. The van der Waals surface area contributed by atoms with Gasteiger partial charge in [0.25, 0.3) is 0 Å². The van der Waals surface area contributed by atoms with Crippen molar-refractivity contribution in [2.45, 2.75) is 52.9 Å². The molecule has 0 aromatic rings. The van der Waals surface area contributed by atoms with E-state index in [1.165, 1.54) is 32.1 Å². The van der Waals surface area contributed by atoms with Crippen LogP contribution in [0.3, 0.4) is 0 Å². The summed E-state index contributed by atoms with van der Waals surface area (Å²) in [6.45, 7) is 10.8. The lowest BCUT2D eigenvalue weighted by Gasteiger charge is -2.22. The van der Waals surface area contributed by atoms with Gasteiger partial charge in [-0.25, -0.2) is 0 Å². The van der Waals surface area contributed by atoms with Crippen LogP contribution in [0.5, 0.6) is 0 Å². The Morgan fingerprint density at radius 2 is 1.67 bits per heavy atom. The van der Waals surface area contributed by atoms with Crippen LogP contribution in [0.4, 0.5) is 0 Å². The van der Waals surface area contributed by atoms with Crippen molar-refractivity contribution in [2.24, 2.45) is 11.8 Å². The van der Waals surface area contributed by atoms with Crippen molar-refractivity contribution in [3.8, 4) is 0 Å². The largest absolute Gasteiger partial charge is 0.103 e. The summed E-state index contributed by atoms with van der Waals surface area (Å²) in [6.07, 6.45) is 8.76. The minimum absolute atomic E-state index is 0.764. The molecule has 0 radical (unpaired) electrons. The van der Waals surface area contributed by atoms with Gasteiger partial charge >= 0.3 is 0 Å². The van der Waals surface area contributed by atoms with E-state index in [1.807, 2.05) is 0 Å². The number of rotatable bonds is 7. The first-order valence-electron chi connectivity index (χ1n) is 5.42. The standard InChI is InChI=1S/C12H24/c1-5-9-11(7-3)12(8-4)10-6-2/h7,11-12H,3,5-6,8-10H2,1-2,4H3. The minimum atomic E-state index is 0.764. The van der Waals surface area contributed by atoms with E-state index in [2.05, 4.69) is 33.4 Å². The lowest BCUT2D eigenvalue weighted by atomic mass is 9.84. The summed E-state index contributed by atoms with van der Waals surface area (Å²) in [5.74, 6) is 1.65. The van der Waals surface area contributed by atoms with E-state index in [0.717, 1.165) is 11.8 Å². The maximum atomic E-state index is 3.93. The molecule has 0 saturated carbocycles. The molecule has 0 aliphatic rings. The van der Waals surface area contributed by atoms with Gasteiger partial charge in [0.2, 0.25) is 0 Å². The Labute approximate surface area is 78.1 Å². The second kappa shape index (κ2) is 7.39. The average molecular weight is 168 g/mol. The first-order valence-corrected chi connectivity index (χ1v) is 5.42. The molecule has 2 atom stereocenters. The van der Waals surface area contributed by atoms with Crippen molar-refractivity contribution >= 4 is 0 Å². The highest BCUT2D eigenvalue weighted by Crippen LogP contribution is 2.25. The van der Waals surface area contributed by atoms with Crippen LogP contribution in [0.1, 0.15) is 52.9 Å². The molecular formula is C12H24. The second-order valence-corrected chi connectivity index (χ2v) is 3.65. The molecule has 0 heterocycles. The Kier molecular flexibility index (Phi) is 7.23. The molecule has 0 aromatic heterocycles. The zero-order valence-corrected chi connectivity index (χ0v) is 8.97. The van der Waals surface area contributed by atoms with Crippen LogP contribution in [0, 0.1) is 11.8 Å². The molecule has 0 aliphatic carbocycles. The maximum Gasteiger partial charge on any atom is -0.0208 e. The zero-order chi connectivity index (χ0) is 9.40. The summed E-state index contributed by atoms with van der Waals surface area (Å²) in [5.41, 5.74) is 0. The molecule has 0 aliphatic heterocycles. The predicted octanol–water partition coefficient (Wildman–Crippen LogP) is 4.42. The van der Waals surface area contributed by atoms with Crippen molar-refractivity contribution < 1.29 is 0 Å². The molecule has 0 rings (SSSR count). The Hall–Kier alpha value is -0.260. The molecule has 12 heavy (non-hydrogen) atoms. The summed E-state index contributed by atoms with van der Waals surface area (Å²) in [6, 6.07) is 0. The predicted molar refractivity (Wildman–Crippen MR) is 57.3 cm³/mol. The molecule has 0 spiro atoms. The highest BCUT2D eigenvalue weighted by Gasteiger charge is 2.14. The van der Waals surface area contributed by atoms with Crippen LogP contribution in [0.15, 0.2) is 12.7 Å². The van der Waals surface area contributed by atoms with Gasteiger partial charge in [0.1, 0.15) is 0 Å². The normalized spacial score (nSPS) is 15.6. The monoisotopic (exact) mass is 168 g/mol.